The number of hydrogen-bond donors (Lipinski definition) is 1. The number of sulfone groups is 1. The zero-order valence-corrected chi connectivity index (χ0v) is 13.4. The molecule has 0 spiro atoms. The molecule has 1 N–H and O–H groups in total. The summed E-state index contributed by atoms with van der Waals surface area (Å²) in [5.41, 5.74) is -1.14. The highest BCUT2D eigenvalue weighted by Gasteiger charge is 2.36. The van der Waals surface area contributed by atoms with Crippen molar-refractivity contribution in [1.82, 2.24) is 9.97 Å². The Labute approximate surface area is 136 Å². The lowest BCUT2D eigenvalue weighted by molar-refractivity contribution is -0.386. The Morgan fingerprint density at radius 2 is 1.91 bits per heavy atom. The average Bonchev–Trinajstić information content (AvgIpc) is 2.47. The van der Waals surface area contributed by atoms with E-state index in [4.69, 9.17) is 17.0 Å². The molecule has 0 aliphatic rings. The normalized spacial score (nSPS) is 12.6. The van der Waals surface area contributed by atoms with E-state index in [-0.39, 0.29) is 10.7 Å². The number of nitrogens with one attached hydrogen (secondary N) is 1. The maximum absolute atomic E-state index is 12.7. The summed E-state index contributed by atoms with van der Waals surface area (Å²) in [6.07, 6.45) is 0.591. The maximum Gasteiger partial charge on any atom is 0.329 e. The van der Waals surface area contributed by atoms with Crippen molar-refractivity contribution in [3.63, 3.8) is 0 Å². The minimum Gasteiger partial charge on any atom is -0.311 e. The van der Waals surface area contributed by atoms with Crippen LogP contribution in [0.15, 0.2) is 35.2 Å². The van der Waals surface area contributed by atoms with E-state index in [0.717, 1.165) is 0 Å². The lowest BCUT2D eigenvalue weighted by Gasteiger charge is -2.13. The standard InChI is InChI=1S/C13H11ClN4O4S/c1-8-16-11(12(18(19)20)13(14)17-8)10(7-15)23(21,22)9-5-3-2-4-6-9/h2-7,10,15H,1H3. The van der Waals surface area contributed by atoms with Gasteiger partial charge in [-0.05, 0) is 19.1 Å². The number of hydrogen-bond acceptors (Lipinski definition) is 7. The van der Waals surface area contributed by atoms with Gasteiger partial charge in [0.25, 0.3) is 0 Å². The number of nitrogens with zero attached hydrogens (tertiary/aromatic N) is 3. The first-order valence-corrected chi connectivity index (χ1v) is 8.19. The largest absolute Gasteiger partial charge is 0.329 e. The molecule has 1 unspecified atom stereocenters. The third-order valence-electron chi connectivity index (χ3n) is 2.99. The Morgan fingerprint density at radius 1 is 1.30 bits per heavy atom. The molecule has 0 bridgehead atoms. The number of benzene rings is 1. The second-order valence-electron chi connectivity index (χ2n) is 4.50. The van der Waals surface area contributed by atoms with Crippen LogP contribution in [0.5, 0.6) is 0 Å². The molecule has 2 aromatic rings. The zero-order valence-electron chi connectivity index (χ0n) is 11.8. The highest BCUT2D eigenvalue weighted by atomic mass is 35.5. The Hall–Kier alpha value is -2.39. The Morgan fingerprint density at radius 3 is 2.43 bits per heavy atom. The molecule has 0 aliphatic heterocycles. The van der Waals surface area contributed by atoms with Crippen LogP contribution in [-0.2, 0) is 9.84 Å². The molecule has 0 radical (unpaired) electrons. The van der Waals surface area contributed by atoms with Crippen LogP contribution in [-0.4, -0.2) is 29.5 Å². The fourth-order valence-corrected chi connectivity index (χ4v) is 3.75. The van der Waals surface area contributed by atoms with Crippen LogP contribution in [0.2, 0.25) is 5.15 Å². The predicted molar refractivity (Wildman–Crippen MR) is 83.6 cm³/mol. The van der Waals surface area contributed by atoms with Gasteiger partial charge in [-0.2, -0.15) is 0 Å². The molecule has 1 aromatic carbocycles. The summed E-state index contributed by atoms with van der Waals surface area (Å²) in [6, 6.07) is 7.34. The number of rotatable bonds is 5. The van der Waals surface area contributed by atoms with Gasteiger partial charge < -0.3 is 5.41 Å². The van der Waals surface area contributed by atoms with E-state index in [1.54, 1.807) is 6.07 Å². The molecular formula is C13H11ClN4O4S. The van der Waals surface area contributed by atoms with Gasteiger partial charge >= 0.3 is 5.69 Å². The number of aromatic nitrogens is 2. The van der Waals surface area contributed by atoms with Crippen LogP contribution in [0, 0.1) is 22.4 Å². The van der Waals surface area contributed by atoms with Crippen LogP contribution >= 0.6 is 11.6 Å². The smallest absolute Gasteiger partial charge is 0.311 e. The molecule has 10 heteroatoms. The fourth-order valence-electron chi connectivity index (χ4n) is 1.99. The van der Waals surface area contributed by atoms with E-state index in [0.29, 0.717) is 6.21 Å². The first kappa shape index (κ1) is 17.0. The highest BCUT2D eigenvalue weighted by Crippen LogP contribution is 2.35. The first-order valence-electron chi connectivity index (χ1n) is 6.27. The quantitative estimate of drug-likeness (QED) is 0.380. The zero-order chi connectivity index (χ0) is 17.2. The Bertz CT molecular complexity index is 871. The second-order valence-corrected chi connectivity index (χ2v) is 6.93. The van der Waals surface area contributed by atoms with Gasteiger partial charge in [0, 0.05) is 6.21 Å². The molecule has 1 atom stereocenters. The van der Waals surface area contributed by atoms with Crippen LogP contribution < -0.4 is 0 Å². The van der Waals surface area contributed by atoms with Gasteiger partial charge in [-0.1, -0.05) is 29.8 Å². The van der Waals surface area contributed by atoms with E-state index in [9.17, 15) is 18.5 Å². The van der Waals surface area contributed by atoms with E-state index in [2.05, 4.69) is 9.97 Å². The predicted octanol–water partition coefficient (Wildman–Crippen LogP) is 2.51. The van der Waals surface area contributed by atoms with Crippen LogP contribution in [0.1, 0.15) is 16.8 Å². The number of aryl methyl sites for hydroxylation is 1. The van der Waals surface area contributed by atoms with Crippen LogP contribution in [0.4, 0.5) is 5.69 Å². The molecule has 0 fully saturated rings. The van der Waals surface area contributed by atoms with E-state index in [1.165, 1.54) is 31.2 Å². The summed E-state index contributed by atoms with van der Waals surface area (Å²) >= 11 is 5.76. The van der Waals surface area contributed by atoms with Crippen molar-refractivity contribution < 1.29 is 13.3 Å². The van der Waals surface area contributed by atoms with E-state index in [1.807, 2.05) is 0 Å². The van der Waals surface area contributed by atoms with Crippen molar-refractivity contribution >= 4 is 33.3 Å². The van der Waals surface area contributed by atoms with Crippen molar-refractivity contribution in [2.75, 3.05) is 0 Å². The molecule has 1 heterocycles. The SMILES string of the molecule is Cc1nc(Cl)c([N+](=O)[O-])c(C(C=N)S(=O)(=O)c2ccccc2)n1. The minimum atomic E-state index is -4.09. The van der Waals surface area contributed by atoms with Crippen molar-refractivity contribution in [2.45, 2.75) is 17.1 Å². The topological polar surface area (TPSA) is 127 Å². The van der Waals surface area contributed by atoms with Gasteiger partial charge in [-0.3, -0.25) is 10.1 Å². The first-order chi connectivity index (χ1) is 10.8. The van der Waals surface area contributed by atoms with Crippen molar-refractivity contribution in [1.29, 1.82) is 5.41 Å². The number of nitro groups is 1. The maximum atomic E-state index is 12.7. The summed E-state index contributed by atoms with van der Waals surface area (Å²) in [5.74, 6) is 0.0747. The van der Waals surface area contributed by atoms with Crippen LogP contribution in [0.3, 0.4) is 0 Å². The lowest BCUT2D eigenvalue weighted by atomic mass is 10.2. The summed E-state index contributed by atoms with van der Waals surface area (Å²) < 4.78 is 25.4. The summed E-state index contributed by atoms with van der Waals surface area (Å²) in [7, 11) is -4.09. The average molecular weight is 355 g/mol. The van der Waals surface area contributed by atoms with Crippen LogP contribution in [0.25, 0.3) is 0 Å². The van der Waals surface area contributed by atoms with E-state index < -0.39 is 36.5 Å². The third-order valence-corrected chi connectivity index (χ3v) is 5.21. The Kier molecular flexibility index (Phi) is 4.71. The van der Waals surface area contributed by atoms with E-state index >= 15 is 0 Å². The second kappa shape index (κ2) is 6.39. The van der Waals surface area contributed by atoms with Gasteiger partial charge in [0.2, 0.25) is 5.15 Å². The molecule has 1 aromatic heterocycles. The third kappa shape index (κ3) is 3.20. The summed E-state index contributed by atoms with van der Waals surface area (Å²) in [6.45, 7) is 1.43. The molecule has 0 saturated carbocycles. The number of halogens is 1. The summed E-state index contributed by atoms with van der Waals surface area (Å²) in [4.78, 5) is 17.8. The Balaban J connectivity index is 2.73. The highest BCUT2D eigenvalue weighted by molar-refractivity contribution is 7.92. The molecule has 0 saturated heterocycles. The van der Waals surface area contributed by atoms with Crippen molar-refractivity contribution in [3.8, 4) is 0 Å². The molecular weight excluding hydrogens is 344 g/mol. The molecule has 2 rings (SSSR count). The molecule has 23 heavy (non-hydrogen) atoms. The molecule has 0 aliphatic carbocycles. The minimum absolute atomic E-state index is 0.0739. The van der Waals surface area contributed by atoms with Gasteiger partial charge in [0.1, 0.15) is 16.8 Å². The molecule has 8 nitrogen and oxygen atoms in total. The summed E-state index contributed by atoms with van der Waals surface area (Å²) in [5, 5.41) is 16.6. The van der Waals surface area contributed by atoms with Gasteiger partial charge in [-0.15, -0.1) is 0 Å². The molecule has 120 valence electrons. The van der Waals surface area contributed by atoms with Gasteiger partial charge in [-0.25, -0.2) is 18.4 Å². The lowest BCUT2D eigenvalue weighted by Crippen LogP contribution is -2.19. The monoisotopic (exact) mass is 354 g/mol. The fraction of sp³-hybridized carbons (Fsp3) is 0.154. The van der Waals surface area contributed by atoms with Gasteiger partial charge in [0.15, 0.2) is 9.84 Å². The van der Waals surface area contributed by atoms with Crippen molar-refractivity contribution in [2.24, 2.45) is 0 Å². The van der Waals surface area contributed by atoms with Gasteiger partial charge in [0.05, 0.1) is 9.82 Å². The molecule has 0 amide bonds. The van der Waals surface area contributed by atoms with Crippen molar-refractivity contribution in [3.05, 3.63) is 57.1 Å².